The topological polar surface area (TPSA) is 38.1 Å². The Morgan fingerprint density at radius 1 is 1.44 bits per heavy atom. The molecule has 3 rings (SSSR count). The number of aryl methyl sites for hydroxylation is 1. The quantitative estimate of drug-likeness (QED) is 0.936. The Morgan fingerprint density at radius 2 is 2.28 bits per heavy atom. The molecule has 0 bridgehead atoms. The summed E-state index contributed by atoms with van der Waals surface area (Å²) >= 11 is 3.57. The first-order chi connectivity index (χ1) is 8.74. The van der Waals surface area contributed by atoms with E-state index in [1.54, 1.807) is 0 Å². The molecule has 0 unspecified atom stereocenters. The van der Waals surface area contributed by atoms with Gasteiger partial charge in [0.2, 0.25) is 0 Å². The van der Waals surface area contributed by atoms with E-state index < -0.39 is 0 Å². The lowest BCUT2D eigenvalue weighted by molar-refractivity contribution is 0.569. The number of hydrogen-bond donors (Lipinski definition) is 1. The molecular weight excluding hydrogens is 292 g/mol. The summed E-state index contributed by atoms with van der Waals surface area (Å²) < 4.78 is 6.60. The average molecular weight is 307 g/mol. The Balaban J connectivity index is 1.90. The molecule has 0 radical (unpaired) electrons. The lowest BCUT2D eigenvalue weighted by Gasteiger charge is -2.06. The van der Waals surface area contributed by atoms with Crippen molar-refractivity contribution < 1.29 is 4.42 Å². The fraction of sp³-hybridized carbons (Fsp3) is 0.357. The van der Waals surface area contributed by atoms with Crippen molar-refractivity contribution in [2.75, 3.05) is 0 Å². The molecule has 1 aromatic heterocycles. The number of nitrogens with zero attached hydrogens (tertiary/aromatic N) is 1. The highest BCUT2D eigenvalue weighted by Gasteiger charge is 2.22. The van der Waals surface area contributed by atoms with Crippen LogP contribution >= 0.6 is 15.9 Å². The standard InChI is InChI=1S/C14H15BrN2O/c1-9-2-5-12(15)11(6-9)14-13(17-8-18-14)7-16-10-3-4-10/h2,5-6,8,10,16H,3-4,7H2,1H3. The molecule has 0 aliphatic heterocycles. The summed E-state index contributed by atoms with van der Waals surface area (Å²) in [7, 11) is 0. The maximum Gasteiger partial charge on any atom is 0.181 e. The van der Waals surface area contributed by atoms with Crippen LogP contribution in [0, 0.1) is 6.92 Å². The summed E-state index contributed by atoms with van der Waals surface area (Å²) in [5.41, 5.74) is 3.26. The van der Waals surface area contributed by atoms with Gasteiger partial charge in [0.05, 0.1) is 0 Å². The van der Waals surface area contributed by atoms with E-state index in [-0.39, 0.29) is 0 Å². The third-order valence-corrected chi connectivity index (χ3v) is 3.83. The molecule has 1 heterocycles. The molecule has 1 N–H and O–H groups in total. The van der Waals surface area contributed by atoms with Gasteiger partial charge >= 0.3 is 0 Å². The van der Waals surface area contributed by atoms with Crippen LogP contribution in [0.1, 0.15) is 24.1 Å². The van der Waals surface area contributed by atoms with Gasteiger partial charge in [-0.1, -0.05) is 27.6 Å². The molecule has 2 aromatic rings. The van der Waals surface area contributed by atoms with Crippen molar-refractivity contribution in [3.8, 4) is 11.3 Å². The zero-order valence-corrected chi connectivity index (χ0v) is 11.8. The van der Waals surface area contributed by atoms with Crippen LogP contribution in [0.25, 0.3) is 11.3 Å². The van der Waals surface area contributed by atoms with Gasteiger partial charge in [-0.3, -0.25) is 0 Å². The van der Waals surface area contributed by atoms with Gasteiger partial charge in [-0.2, -0.15) is 0 Å². The Hall–Kier alpha value is -1.13. The molecule has 18 heavy (non-hydrogen) atoms. The van der Waals surface area contributed by atoms with Crippen molar-refractivity contribution in [2.24, 2.45) is 0 Å². The fourth-order valence-electron chi connectivity index (χ4n) is 1.96. The Morgan fingerprint density at radius 3 is 3.06 bits per heavy atom. The van der Waals surface area contributed by atoms with E-state index in [4.69, 9.17) is 4.42 Å². The number of rotatable bonds is 4. The van der Waals surface area contributed by atoms with E-state index >= 15 is 0 Å². The molecule has 0 amide bonds. The van der Waals surface area contributed by atoms with Crippen LogP contribution in [-0.4, -0.2) is 11.0 Å². The van der Waals surface area contributed by atoms with Crippen molar-refractivity contribution in [1.29, 1.82) is 0 Å². The molecule has 1 saturated carbocycles. The van der Waals surface area contributed by atoms with Crippen molar-refractivity contribution >= 4 is 15.9 Å². The van der Waals surface area contributed by atoms with Gasteiger partial charge in [-0.05, 0) is 31.9 Å². The number of aromatic nitrogens is 1. The minimum atomic E-state index is 0.676. The molecule has 1 fully saturated rings. The van der Waals surface area contributed by atoms with Crippen LogP contribution in [0.5, 0.6) is 0 Å². The van der Waals surface area contributed by atoms with Gasteiger partial charge < -0.3 is 9.73 Å². The monoisotopic (exact) mass is 306 g/mol. The smallest absolute Gasteiger partial charge is 0.181 e. The first-order valence-electron chi connectivity index (χ1n) is 6.16. The lowest BCUT2D eigenvalue weighted by atomic mass is 10.1. The number of benzene rings is 1. The Labute approximate surface area is 115 Å². The average Bonchev–Trinajstić information content (AvgIpc) is 3.08. The SMILES string of the molecule is Cc1ccc(Br)c(-c2ocnc2CNC2CC2)c1. The minimum Gasteiger partial charge on any atom is -0.443 e. The zero-order chi connectivity index (χ0) is 12.5. The second-order valence-electron chi connectivity index (χ2n) is 4.77. The summed E-state index contributed by atoms with van der Waals surface area (Å²) in [4.78, 5) is 4.31. The highest BCUT2D eigenvalue weighted by molar-refractivity contribution is 9.10. The van der Waals surface area contributed by atoms with E-state index in [9.17, 15) is 0 Å². The summed E-state index contributed by atoms with van der Waals surface area (Å²) in [5.74, 6) is 0.860. The van der Waals surface area contributed by atoms with Gasteiger partial charge in [0.25, 0.3) is 0 Å². The van der Waals surface area contributed by atoms with Crippen molar-refractivity contribution in [2.45, 2.75) is 32.4 Å². The lowest BCUT2D eigenvalue weighted by Crippen LogP contribution is -2.16. The van der Waals surface area contributed by atoms with E-state index in [1.807, 2.05) is 6.07 Å². The van der Waals surface area contributed by atoms with Crippen LogP contribution in [-0.2, 0) is 6.54 Å². The molecule has 1 aliphatic carbocycles. The van der Waals surface area contributed by atoms with E-state index in [0.717, 1.165) is 28.0 Å². The van der Waals surface area contributed by atoms with Crippen molar-refractivity contribution in [3.63, 3.8) is 0 Å². The normalized spacial score (nSPS) is 15.0. The zero-order valence-electron chi connectivity index (χ0n) is 10.2. The molecule has 0 saturated heterocycles. The number of halogens is 1. The van der Waals surface area contributed by atoms with Gasteiger partial charge in [-0.15, -0.1) is 0 Å². The first-order valence-corrected chi connectivity index (χ1v) is 6.95. The van der Waals surface area contributed by atoms with Crippen LogP contribution in [0.3, 0.4) is 0 Å². The molecule has 4 heteroatoms. The predicted molar refractivity (Wildman–Crippen MR) is 74.2 cm³/mol. The molecule has 94 valence electrons. The summed E-state index contributed by atoms with van der Waals surface area (Å²) in [6.45, 7) is 2.85. The Kier molecular flexibility index (Phi) is 3.22. The van der Waals surface area contributed by atoms with Gasteiger partial charge in [-0.25, -0.2) is 4.98 Å². The second kappa shape index (κ2) is 4.86. The highest BCUT2D eigenvalue weighted by atomic mass is 79.9. The number of hydrogen-bond acceptors (Lipinski definition) is 3. The van der Waals surface area contributed by atoms with Crippen molar-refractivity contribution in [3.05, 3.63) is 40.3 Å². The molecule has 1 aliphatic rings. The maximum atomic E-state index is 5.56. The Bertz CT molecular complexity index is 561. The summed E-state index contributed by atoms with van der Waals surface area (Å²) in [5, 5.41) is 3.47. The van der Waals surface area contributed by atoms with Gasteiger partial charge in [0.15, 0.2) is 12.2 Å². The van der Waals surface area contributed by atoms with Crippen LogP contribution in [0.15, 0.2) is 33.5 Å². The van der Waals surface area contributed by atoms with E-state index in [0.29, 0.717) is 6.04 Å². The fourth-order valence-corrected chi connectivity index (χ4v) is 2.38. The maximum absolute atomic E-state index is 5.56. The number of oxazole rings is 1. The molecule has 0 spiro atoms. The highest BCUT2D eigenvalue weighted by Crippen LogP contribution is 2.31. The number of nitrogens with one attached hydrogen (secondary N) is 1. The largest absolute Gasteiger partial charge is 0.443 e. The van der Waals surface area contributed by atoms with Crippen LogP contribution in [0.2, 0.25) is 0 Å². The predicted octanol–water partition coefficient (Wildman–Crippen LogP) is 3.66. The van der Waals surface area contributed by atoms with Gasteiger partial charge in [0.1, 0.15) is 5.69 Å². The molecule has 0 atom stereocenters. The first kappa shape index (κ1) is 11.9. The third kappa shape index (κ3) is 2.49. The summed E-state index contributed by atoms with van der Waals surface area (Å²) in [6.07, 6.45) is 4.08. The van der Waals surface area contributed by atoms with E-state index in [2.05, 4.69) is 45.3 Å². The van der Waals surface area contributed by atoms with Crippen LogP contribution in [0.4, 0.5) is 0 Å². The van der Waals surface area contributed by atoms with E-state index in [1.165, 1.54) is 24.8 Å². The molecule has 1 aromatic carbocycles. The minimum absolute atomic E-state index is 0.676. The molecule has 3 nitrogen and oxygen atoms in total. The third-order valence-electron chi connectivity index (χ3n) is 3.14. The van der Waals surface area contributed by atoms with Crippen molar-refractivity contribution in [1.82, 2.24) is 10.3 Å². The molecular formula is C14H15BrN2O. The summed E-state index contributed by atoms with van der Waals surface area (Å²) in [6, 6.07) is 6.92. The van der Waals surface area contributed by atoms with Gasteiger partial charge in [0, 0.05) is 22.6 Å². The second-order valence-corrected chi connectivity index (χ2v) is 5.62. The van der Waals surface area contributed by atoms with Crippen LogP contribution < -0.4 is 5.32 Å².